The minimum atomic E-state index is -0.400. The van der Waals surface area contributed by atoms with Crippen molar-refractivity contribution in [2.45, 2.75) is 0 Å². The Bertz CT molecular complexity index is 495. The molecule has 0 aliphatic heterocycles. The van der Waals surface area contributed by atoms with Crippen molar-refractivity contribution in [1.82, 2.24) is 0 Å². The lowest BCUT2D eigenvalue weighted by Crippen LogP contribution is -2.14. The second-order valence-electron chi connectivity index (χ2n) is 3.48. The summed E-state index contributed by atoms with van der Waals surface area (Å²) in [6.45, 7) is -0.400. The second kappa shape index (κ2) is 4.24. The van der Waals surface area contributed by atoms with Crippen molar-refractivity contribution in [3.8, 4) is 0 Å². The molecule has 1 aliphatic carbocycles. The molecule has 1 N–H and O–H groups in total. The summed E-state index contributed by atoms with van der Waals surface area (Å²) in [5, 5.41) is 8.87. The number of hydrogen-bond donors (Lipinski definition) is 1. The van der Waals surface area contributed by atoms with Crippen LogP contribution in [-0.2, 0) is 9.59 Å². The average molecular weight is 214 g/mol. The van der Waals surface area contributed by atoms with E-state index in [0.717, 1.165) is 0 Å². The van der Waals surface area contributed by atoms with Crippen LogP contribution in [-0.4, -0.2) is 23.3 Å². The summed E-state index contributed by atoms with van der Waals surface area (Å²) in [7, 11) is 0. The quantitative estimate of drug-likeness (QED) is 0.751. The van der Waals surface area contributed by atoms with Gasteiger partial charge in [0.05, 0.1) is 6.61 Å². The smallest absolute Gasteiger partial charge is 0.187 e. The van der Waals surface area contributed by atoms with Crippen molar-refractivity contribution in [3.05, 3.63) is 53.6 Å². The Morgan fingerprint density at radius 1 is 0.938 bits per heavy atom. The molecule has 16 heavy (non-hydrogen) atoms. The molecule has 0 spiro atoms. The van der Waals surface area contributed by atoms with Crippen molar-refractivity contribution in [1.29, 1.82) is 0 Å². The molecule has 3 heteroatoms. The first-order chi connectivity index (χ1) is 7.72. The van der Waals surface area contributed by atoms with Gasteiger partial charge in [-0.25, -0.2) is 0 Å². The zero-order valence-electron chi connectivity index (χ0n) is 8.51. The summed E-state index contributed by atoms with van der Waals surface area (Å²) >= 11 is 0. The molecule has 0 unspecified atom stereocenters. The number of aliphatic hydroxyl groups is 1. The minimum Gasteiger partial charge on any atom is -0.392 e. The molecular formula is C13H10O3. The average Bonchev–Trinajstić information content (AvgIpc) is 2.32. The van der Waals surface area contributed by atoms with E-state index in [-0.39, 0.29) is 17.1 Å². The van der Waals surface area contributed by atoms with Gasteiger partial charge in [-0.05, 0) is 17.7 Å². The van der Waals surface area contributed by atoms with Crippen LogP contribution in [0.1, 0.15) is 5.56 Å². The van der Waals surface area contributed by atoms with E-state index in [1.165, 1.54) is 12.2 Å². The van der Waals surface area contributed by atoms with Crippen LogP contribution in [0.4, 0.5) is 0 Å². The van der Waals surface area contributed by atoms with E-state index in [1.807, 2.05) is 6.07 Å². The first-order valence-electron chi connectivity index (χ1n) is 4.89. The number of carbonyl (C=O) groups is 2. The van der Waals surface area contributed by atoms with Crippen molar-refractivity contribution in [2.24, 2.45) is 0 Å². The van der Waals surface area contributed by atoms with E-state index in [0.29, 0.717) is 11.1 Å². The summed E-state index contributed by atoms with van der Waals surface area (Å²) in [6.07, 6.45) is 2.48. The zero-order chi connectivity index (χ0) is 11.5. The van der Waals surface area contributed by atoms with Crippen LogP contribution in [0, 0.1) is 0 Å². The SMILES string of the molecule is O=C1C=C(c2ccccc2)C(=O)C=C1CO. The van der Waals surface area contributed by atoms with Crippen LogP contribution in [0.15, 0.2) is 48.1 Å². The van der Waals surface area contributed by atoms with Crippen LogP contribution >= 0.6 is 0 Å². The van der Waals surface area contributed by atoms with Crippen molar-refractivity contribution >= 4 is 17.1 Å². The Morgan fingerprint density at radius 3 is 2.25 bits per heavy atom. The maximum Gasteiger partial charge on any atom is 0.187 e. The molecule has 1 aliphatic rings. The second-order valence-corrected chi connectivity index (χ2v) is 3.48. The number of allylic oxidation sites excluding steroid dienone is 3. The first-order valence-corrected chi connectivity index (χ1v) is 4.89. The Kier molecular flexibility index (Phi) is 2.79. The topological polar surface area (TPSA) is 54.4 Å². The number of aliphatic hydroxyl groups excluding tert-OH is 1. The standard InChI is InChI=1S/C13H10O3/c14-8-10-6-13(16)11(7-12(10)15)9-4-2-1-3-5-9/h1-7,14H,8H2. The number of benzene rings is 1. The molecule has 0 aromatic heterocycles. The Balaban J connectivity index is 2.40. The summed E-state index contributed by atoms with van der Waals surface area (Å²) in [5.74, 6) is -0.546. The molecule has 0 saturated carbocycles. The molecule has 0 amide bonds. The van der Waals surface area contributed by atoms with Crippen LogP contribution in [0.3, 0.4) is 0 Å². The normalized spacial score (nSPS) is 15.8. The van der Waals surface area contributed by atoms with E-state index < -0.39 is 6.61 Å². The summed E-state index contributed by atoms with van der Waals surface area (Å²) in [4.78, 5) is 23.2. The summed E-state index contributed by atoms with van der Waals surface area (Å²) < 4.78 is 0. The van der Waals surface area contributed by atoms with Crippen molar-refractivity contribution in [3.63, 3.8) is 0 Å². The van der Waals surface area contributed by atoms with Gasteiger partial charge >= 0.3 is 0 Å². The van der Waals surface area contributed by atoms with E-state index in [1.54, 1.807) is 24.3 Å². The van der Waals surface area contributed by atoms with E-state index in [2.05, 4.69) is 0 Å². The lowest BCUT2D eigenvalue weighted by Gasteiger charge is -2.10. The largest absolute Gasteiger partial charge is 0.392 e. The van der Waals surface area contributed by atoms with Crippen molar-refractivity contribution in [2.75, 3.05) is 6.61 Å². The molecule has 80 valence electrons. The fourth-order valence-corrected chi connectivity index (χ4v) is 1.57. The third-order valence-corrected chi connectivity index (χ3v) is 2.42. The Labute approximate surface area is 92.7 Å². The van der Waals surface area contributed by atoms with Gasteiger partial charge in [0.25, 0.3) is 0 Å². The van der Waals surface area contributed by atoms with Gasteiger partial charge in [0.2, 0.25) is 0 Å². The Hall–Kier alpha value is -2.00. The maximum atomic E-state index is 11.7. The molecule has 3 nitrogen and oxygen atoms in total. The van der Waals surface area contributed by atoms with Gasteiger partial charge in [-0.15, -0.1) is 0 Å². The van der Waals surface area contributed by atoms with E-state index in [4.69, 9.17) is 5.11 Å². The lowest BCUT2D eigenvalue weighted by atomic mass is 9.92. The van der Waals surface area contributed by atoms with Crippen LogP contribution in [0.2, 0.25) is 0 Å². The molecular weight excluding hydrogens is 204 g/mol. The van der Waals surface area contributed by atoms with Crippen LogP contribution < -0.4 is 0 Å². The molecule has 0 atom stereocenters. The highest BCUT2D eigenvalue weighted by Crippen LogP contribution is 2.21. The minimum absolute atomic E-state index is 0.143. The lowest BCUT2D eigenvalue weighted by molar-refractivity contribution is -0.114. The summed E-state index contributed by atoms with van der Waals surface area (Å²) in [5.41, 5.74) is 1.24. The molecule has 1 aromatic rings. The third-order valence-electron chi connectivity index (χ3n) is 2.42. The fourth-order valence-electron chi connectivity index (χ4n) is 1.57. The number of ketones is 2. The van der Waals surface area contributed by atoms with Gasteiger partial charge < -0.3 is 5.11 Å². The molecule has 2 rings (SSSR count). The molecule has 0 radical (unpaired) electrons. The highest BCUT2D eigenvalue weighted by molar-refractivity contribution is 6.35. The van der Waals surface area contributed by atoms with E-state index in [9.17, 15) is 9.59 Å². The first kappa shape index (κ1) is 10.5. The number of hydrogen-bond acceptors (Lipinski definition) is 3. The van der Waals surface area contributed by atoms with Gasteiger partial charge in [-0.3, -0.25) is 9.59 Å². The predicted octanol–water partition coefficient (Wildman–Crippen LogP) is 1.14. The molecule has 0 fully saturated rings. The highest BCUT2D eigenvalue weighted by Gasteiger charge is 2.20. The third kappa shape index (κ3) is 1.85. The van der Waals surface area contributed by atoms with Gasteiger partial charge in [-0.2, -0.15) is 0 Å². The van der Waals surface area contributed by atoms with Gasteiger partial charge in [0.1, 0.15) is 0 Å². The molecule has 0 heterocycles. The van der Waals surface area contributed by atoms with Crippen LogP contribution in [0.25, 0.3) is 5.57 Å². The molecule has 0 bridgehead atoms. The monoisotopic (exact) mass is 214 g/mol. The molecule has 0 saturated heterocycles. The molecule has 1 aromatic carbocycles. The predicted molar refractivity (Wildman–Crippen MR) is 59.6 cm³/mol. The zero-order valence-corrected chi connectivity index (χ0v) is 8.51. The fraction of sp³-hybridized carbons (Fsp3) is 0.0769. The number of rotatable bonds is 2. The number of carbonyl (C=O) groups excluding carboxylic acids is 2. The van der Waals surface area contributed by atoms with Crippen LogP contribution in [0.5, 0.6) is 0 Å². The van der Waals surface area contributed by atoms with E-state index >= 15 is 0 Å². The highest BCUT2D eigenvalue weighted by atomic mass is 16.3. The Morgan fingerprint density at radius 2 is 1.62 bits per heavy atom. The van der Waals surface area contributed by atoms with Crippen molar-refractivity contribution < 1.29 is 14.7 Å². The maximum absolute atomic E-state index is 11.7. The summed E-state index contributed by atoms with van der Waals surface area (Å²) in [6, 6.07) is 9.00. The van der Waals surface area contributed by atoms with Gasteiger partial charge in [-0.1, -0.05) is 30.3 Å². The van der Waals surface area contributed by atoms with Gasteiger partial charge in [0, 0.05) is 11.1 Å². The van der Waals surface area contributed by atoms with Gasteiger partial charge in [0.15, 0.2) is 11.6 Å².